The van der Waals surface area contributed by atoms with Gasteiger partial charge in [-0.05, 0) is 84.0 Å². The van der Waals surface area contributed by atoms with Gasteiger partial charge in [-0.2, -0.15) is 5.26 Å². The van der Waals surface area contributed by atoms with Gasteiger partial charge in [-0.3, -0.25) is 0 Å². The average molecular weight is 754 g/mol. The molecule has 0 atom stereocenters. The second-order valence-corrected chi connectivity index (χ2v) is 14.6. The van der Waals surface area contributed by atoms with E-state index in [4.69, 9.17) is 29.9 Å². The van der Waals surface area contributed by atoms with Crippen LogP contribution in [0.15, 0.2) is 103 Å². The molecule has 0 fully saturated rings. The summed E-state index contributed by atoms with van der Waals surface area (Å²) in [6.45, 7) is 11.4. The molecule has 0 saturated heterocycles. The number of para-hydroxylation sites is 2. The first-order valence-electron chi connectivity index (χ1n) is 19.0. The molecule has 10 rings (SSSR count). The molecule has 11 heteroatoms. The Balaban J connectivity index is 1.36. The lowest BCUT2D eigenvalue weighted by atomic mass is 10.0. The zero-order valence-electron chi connectivity index (χ0n) is 32.7. The molecule has 5 aromatic carbocycles. The lowest BCUT2D eigenvalue weighted by Gasteiger charge is -2.19. The summed E-state index contributed by atoms with van der Waals surface area (Å²) in [7, 11) is 0. The van der Waals surface area contributed by atoms with Gasteiger partial charge in [0.05, 0.1) is 45.1 Å². The van der Waals surface area contributed by atoms with Crippen LogP contribution in [-0.4, -0.2) is 49.0 Å². The van der Waals surface area contributed by atoms with Crippen LogP contribution in [0.4, 0.5) is 0 Å². The summed E-state index contributed by atoms with van der Waals surface area (Å²) in [4.78, 5) is 37.5. The largest absolute Gasteiger partial charge is 0.307 e. The Morgan fingerprint density at radius 2 is 0.845 bits per heavy atom. The van der Waals surface area contributed by atoms with Gasteiger partial charge >= 0.3 is 0 Å². The van der Waals surface area contributed by atoms with Gasteiger partial charge in [0, 0.05) is 49.6 Å². The Morgan fingerprint density at radius 3 is 1.31 bits per heavy atom. The fourth-order valence-electron chi connectivity index (χ4n) is 8.29. The van der Waals surface area contributed by atoms with Gasteiger partial charge < -0.3 is 9.13 Å². The van der Waals surface area contributed by atoms with E-state index in [1.165, 1.54) is 0 Å². The monoisotopic (exact) mass is 753 g/mol. The standard InChI is InChI=1S/C47H35N11/c1-25-19-26(2)50-47(49-25)38-23-44(58-40-14-10-8-12-35(40)37-18-16-32(21-42(37)58)46-55-29(5)52-30(6)56-46)43(22-33(38)24-48)57-39-13-9-7-11-34(39)36-17-15-31(20-41(36)57)45-53-27(3)51-28(4)54-45/h7-23H,1-6H3. The molecule has 0 saturated carbocycles. The number of benzene rings is 5. The Morgan fingerprint density at radius 1 is 0.414 bits per heavy atom. The topological polar surface area (TPSA) is 137 Å². The van der Waals surface area contributed by atoms with E-state index in [2.05, 4.69) is 110 Å². The van der Waals surface area contributed by atoms with Crippen molar-refractivity contribution in [2.75, 3.05) is 0 Å². The number of hydrogen-bond donors (Lipinski definition) is 0. The van der Waals surface area contributed by atoms with Gasteiger partial charge in [0.15, 0.2) is 17.5 Å². The first-order valence-corrected chi connectivity index (χ1v) is 19.0. The van der Waals surface area contributed by atoms with Crippen molar-refractivity contribution in [2.45, 2.75) is 41.5 Å². The molecule has 0 aliphatic heterocycles. The van der Waals surface area contributed by atoms with Crippen LogP contribution < -0.4 is 0 Å². The van der Waals surface area contributed by atoms with Crippen molar-refractivity contribution in [3.05, 3.63) is 143 Å². The highest BCUT2D eigenvalue weighted by atomic mass is 15.1. The van der Waals surface area contributed by atoms with Crippen molar-refractivity contribution in [3.63, 3.8) is 0 Å². The van der Waals surface area contributed by atoms with Crippen molar-refractivity contribution < 1.29 is 0 Å². The highest BCUT2D eigenvalue weighted by molar-refractivity contribution is 6.12. The molecule has 0 unspecified atom stereocenters. The van der Waals surface area contributed by atoms with Crippen molar-refractivity contribution in [2.24, 2.45) is 0 Å². The number of fused-ring (bicyclic) bond motifs is 6. The summed E-state index contributed by atoms with van der Waals surface area (Å²) < 4.78 is 4.53. The maximum atomic E-state index is 10.9. The van der Waals surface area contributed by atoms with Crippen molar-refractivity contribution in [3.8, 4) is 51.6 Å². The smallest absolute Gasteiger partial charge is 0.163 e. The molecule has 5 aromatic heterocycles. The van der Waals surface area contributed by atoms with Gasteiger partial charge in [0.2, 0.25) is 0 Å². The molecule has 0 amide bonds. The van der Waals surface area contributed by atoms with Crippen LogP contribution in [0.2, 0.25) is 0 Å². The van der Waals surface area contributed by atoms with Gasteiger partial charge in [-0.1, -0.05) is 60.7 Å². The summed E-state index contributed by atoms with van der Waals surface area (Å²) in [5.74, 6) is 4.31. The van der Waals surface area contributed by atoms with Crippen LogP contribution in [-0.2, 0) is 0 Å². The number of nitriles is 1. The van der Waals surface area contributed by atoms with E-state index in [0.29, 0.717) is 51.9 Å². The Hall–Kier alpha value is -7.71. The lowest BCUT2D eigenvalue weighted by molar-refractivity contribution is 0.928. The third-order valence-electron chi connectivity index (χ3n) is 10.5. The minimum absolute atomic E-state index is 0.451. The maximum absolute atomic E-state index is 10.9. The van der Waals surface area contributed by atoms with E-state index in [9.17, 15) is 5.26 Å². The Kier molecular flexibility index (Phi) is 7.91. The van der Waals surface area contributed by atoms with E-state index >= 15 is 0 Å². The molecular formula is C47H35N11. The van der Waals surface area contributed by atoms with Crippen LogP contribution in [0, 0.1) is 52.9 Å². The normalized spacial score (nSPS) is 11.6. The SMILES string of the molecule is Cc1cc(C)nc(-c2cc(-n3c4ccccc4c4ccc(-c5nc(C)nc(C)n5)cc43)c(-n3c4ccccc4c4ccc(-c5nc(C)nc(C)n5)cc43)cc2C#N)n1. The second kappa shape index (κ2) is 13.2. The minimum Gasteiger partial charge on any atom is -0.307 e. The van der Waals surface area contributed by atoms with Crippen LogP contribution >= 0.6 is 0 Å². The molecule has 0 radical (unpaired) electrons. The van der Waals surface area contributed by atoms with Crippen LogP contribution in [0.1, 0.15) is 40.2 Å². The predicted molar refractivity (Wildman–Crippen MR) is 227 cm³/mol. The zero-order chi connectivity index (χ0) is 39.8. The van der Waals surface area contributed by atoms with Gasteiger partial charge in [-0.25, -0.2) is 39.9 Å². The highest BCUT2D eigenvalue weighted by Crippen LogP contribution is 2.42. The number of aryl methyl sites for hydroxylation is 6. The van der Waals surface area contributed by atoms with Crippen molar-refractivity contribution in [1.82, 2.24) is 49.0 Å². The Labute approximate surface area is 333 Å². The number of nitrogens with zero attached hydrogens (tertiary/aromatic N) is 11. The molecule has 0 N–H and O–H groups in total. The molecule has 0 spiro atoms. The van der Waals surface area contributed by atoms with Crippen LogP contribution in [0.3, 0.4) is 0 Å². The predicted octanol–water partition coefficient (Wildman–Crippen LogP) is 9.76. The van der Waals surface area contributed by atoms with Crippen molar-refractivity contribution >= 4 is 43.6 Å². The van der Waals surface area contributed by atoms with E-state index in [1.54, 1.807) is 0 Å². The summed E-state index contributed by atoms with van der Waals surface area (Å²) in [5, 5.41) is 15.2. The van der Waals surface area contributed by atoms with Crippen molar-refractivity contribution in [1.29, 1.82) is 5.26 Å². The first kappa shape index (κ1) is 34.8. The third-order valence-corrected chi connectivity index (χ3v) is 10.5. The lowest BCUT2D eigenvalue weighted by Crippen LogP contribution is -2.07. The third kappa shape index (κ3) is 5.65. The summed E-state index contributed by atoms with van der Waals surface area (Å²) in [6.07, 6.45) is 0. The van der Waals surface area contributed by atoms with Gasteiger partial charge in [-0.15, -0.1) is 0 Å². The minimum atomic E-state index is 0.451. The fourth-order valence-corrected chi connectivity index (χ4v) is 8.29. The molecule has 0 aliphatic carbocycles. The number of rotatable bonds is 5. The zero-order valence-corrected chi connectivity index (χ0v) is 32.7. The molecule has 11 nitrogen and oxygen atoms in total. The van der Waals surface area contributed by atoms with Crippen LogP contribution in [0.25, 0.3) is 89.2 Å². The number of aromatic nitrogens is 10. The van der Waals surface area contributed by atoms with Crippen LogP contribution in [0.5, 0.6) is 0 Å². The summed E-state index contributed by atoms with van der Waals surface area (Å²) >= 11 is 0. The molecule has 58 heavy (non-hydrogen) atoms. The van der Waals surface area contributed by atoms with E-state index < -0.39 is 0 Å². The Bertz CT molecular complexity index is 3330. The molecular weight excluding hydrogens is 719 g/mol. The van der Waals surface area contributed by atoms with E-state index in [0.717, 1.165) is 77.5 Å². The average Bonchev–Trinajstić information content (AvgIpc) is 3.71. The molecule has 278 valence electrons. The molecule has 10 aromatic rings. The van der Waals surface area contributed by atoms with Gasteiger partial charge in [0.1, 0.15) is 23.3 Å². The maximum Gasteiger partial charge on any atom is 0.163 e. The highest BCUT2D eigenvalue weighted by Gasteiger charge is 2.24. The van der Waals surface area contributed by atoms with E-state index in [1.807, 2.05) is 59.7 Å². The summed E-state index contributed by atoms with van der Waals surface area (Å²) in [5.41, 5.74) is 9.95. The molecule has 0 bridgehead atoms. The quantitative estimate of drug-likeness (QED) is 0.168. The number of hydrogen-bond acceptors (Lipinski definition) is 9. The first-order chi connectivity index (χ1) is 28.1. The fraction of sp³-hybridized carbons (Fsp3) is 0.128. The summed E-state index contributed by atoms with van der Waals surface area (Å²) in [6, 6.07) is 38.0. The second-order valence-electron chi connectivity index (χ2n) is 14.6. The molecule has 5 heterocycles. The van der Waals surface area contributed by atoms with E-state index in [-0.39, 0.29) is 0 Å². The van der Waals surface area contributed by atoms with Gasteiger partial charge in [0.25, 0.3) is 0 Å². The molecule has 0 aliphatic rings.